The lowest BCUT2D eigenvalue weighted by Crippen LogP contribution is -2.20. The molecule has 0 atom stereocenters. The molecule has 1 amide bonds. The van der Waals surface area contributed by atoms with Crippen LogP contribution in [0.15, 0.2) is 10.2 Å². The smallest absolute Gasteiger partial charge is 0.303 e. The van der Waals surface area contributed by atoms with E-state index in [-0.39, 0.29) is 17.2 Å². The molecular weight excluding hydrogens is 272 g/mol. The van der Waals surface area contributed by atoms with Gasteiger partial charge in [0, 0.05) is 35.6 Å². The summed E-state index contributed by atoms with van der Waals surface area (Å²) in [6.07, 6.45) is 0.246. The molecule has 0 aliphatic heterocycles. The van der Waals surface area contributed by atoms with E-state index in [9.17, 15) is 9.59 Å². The Morgan fingerprint density at radius 3 is 2.83 bits per heavy atom. The van der Waals surface area contributed by atoms with E-state index in [2.05, 4.69) is 14.7 Å². The predicted octanol–water partition coefficient (Wildman–Crippen LogP) is 1.41. The molecule has 96 valence electrons. The van der Waals surface area contributed by atoms with E-state index in [1.165, 1.54) is 0 Å². The summed E-state index contributed by atoms with van der Waals surface area (Å²) in [6.45, 7) is 4.00. The van der Waals surface area contributed by atoms with Crippen LogP contribution in [-0.2, 0) is 11.3 Å². The molecule has 0 spiro atoms. The van der Waals surface area contributed by atoms with Gasteiger partial charge >= 0.3 is 4.87 Å². The van der Waals surface area contributed by atoms with E-state index in [1.807, 2.05) is 6.92 Å². The molecule has 0 aliphatic carbocycles. The fourth-order valence-electron chi connectivity index (χ4n) is 1.42. The van der Waals surface area contributed by atoms with Crippen molar-refractivity contribution >= 4 is 33.9 Å². The molecule has 0 unspecified atom stereocenters. The number of thiazole rings is 1. The molecule has 1 N–H and O–H groups in total. The average Bonchev–Trinajstić information content (AvgIpc) is 2.84. The maximum atomic E-state index is 11.7. The highest BCUT2D eigenvalue weighted by Gasteiger charge is 2.08. The second kappa shape index (κ2) is 5.40. The Morgan fingerprint density at radius 1 is 1.50 bits per heavy atom. The van der Waals surface area contributed by atoms with Gasteiger partial charge in [0.1, 0.15) is 5.82 Å². The van der Waals surface area contributed by atoms with Crippen LogP contribution in [-0.4, -0.2) is 19.8 Å². The van der Waals surface area contributed by atoms with Crippen LogP contribution in [0.25, 0.3) is 0 Å². The third-order valence-corrected chi connectivity index (χ3v) is 3.92. The number of carbonyl (C=O) groups is 1. The van der Waals surface area contributed by atoms with E-state index in [4.69, 9.17) is 0 Å². The molecule has 0 radical (unpaired) electrons. The number of nitrogens with one attached hydrogen (secondary N) is 1. The Balaban J connectivity index is 1.91. The molecule has 2 heterocycles. The molecule has 0 saturated heterocycles. The number of hydrogen-bond donors (Lipinski definition) is 1. The Labute approximate surface area is 111 Å². The highest BCUT2D eigenvalue weighted by atomic mass is 32.1. The average molecular weight is 284 g/mol. The highest BCUT2D eigenvalue weighted by Crippen LogP contribution is 2.10. The Morgan fingerprint density at radius 2 is 2.28 bits per heavy atom. The van der Waals surface area contributed by atoms with Gasteiger partial charge in [-0.25, -0.2) is 4.98 Å². The van der Waals surface area contributed by atoms with Gasteiger partial charge in [0.2, 0.25) is 11.0 Å². The fraction of sp³-hybridized carbons (Fsp3) is 0.400. The summed E-state index contributed by atoms with van der Waals surface area (Å²) in [5.41, 5.74) is 0.879. The summed E-state index contributed by atoms with van der Waals surface area (Å²) in [4.78, 5) is 27.1. The zero-order valence-electron chi connectivity index (χ0n) is 9.97. The number of amides is 1. The Hall–Kier alpha value is -1.54. The molecule has 2 rings (SSSR count). The third-order valence-electron chi connectivity index (χ3n) is 2.31. The maximum absolute atomic E-state index is 11.7. The summed E-state index contributed by atoms with van der Waals surface area (Å²) in [5, 5.41) is 4.94. The van der Waals surface area contributed by atoms with Gasteiger partial charge in [-0.1, -0.05) is 11.3 Å². The number of aromatic nitrogens is 3. The number of hydrogen-bond acceptors (Lipinski definition) is 6. The minimum absolute atomic E-state index is 0.0351. The van der Waals surface area contributed by atoms with Crippen molar-refractivity contribution < 1.29 is 4.79 Å². The van der Waals surface area contributed by atoms with Crippen LogP contribution < -0.4 is 10.2 Å². The number of aryl methyl sites for hydroxylation is 2. The van der Waals surface area contributed by atoms with E-state index >= 15 is 0 Å². The van der Waals surface area contributed by atoms with Crippen LogP contribution in [0, 0.1) is 13.8 Å². The molecule has 18 heavy (non-hydrogen) atoms. The summed E-state index contributed by atoms with van der Waals surface area (Å²) in [5.74, 6) is 0.476. The first-order valence-electron chi connectivity index (χ1n) is 5.31. The van der Waals surface area contributed by atoms with E-state index in [0.29, 0.717) is 17.5 Å². The zero-order chi connectivity index (χ0) is 13.1. The summed E-state index contributed by atoms with van der Waals surface area (Å²) in [7, 11) is 0. The van der Waals surface area contributed by atoms with Gasteiger partial charge in [-0.15, -0.1) is 0 Å². The second-order valence-corrected chi connectivity index (χ2v) is 5.31. The molecule has 0 aromatic carbocycles. The van der Waals surface area contributed by atoms with Gasteiger partial charge in [-0.3, -0.25) is 9.59 Å². The highest BCUT2D eigenvalue weighted by molar-refractivity contribution is 7.09. The van der Waals surface area contributed by atoms with Crippen molar-refractivity contribution in [3.8, 4) is 0 Å². The lowest BCUT2D eigenvalue weighted by molar-refractivity contribution is -0.116. The van der Waals surface area contributed by atoms with Gasteiger partial charge in [-0.05, 0) is 13.8 Å². The van der Waals surface area contributed by atoms with Crippen molar-refractivity contribution in [1.82, 2.24) is 13.9 Å². The van der Waals surface area contributed by atoms with Gasteiger partial charge in [-0.2, -0.15) is 4.37 Å². The number of anilines is 1. The quantitative estimate of drug-likeness (QED) is 0.921. The molecular formula is C10H12N4O2S2. The molecule has 0 aliphatic rings. The Bertz CT molecular complexity index is 613. The molecule has 0 fully saturated rings. The zero-order valence-corrected chi connectivity index (χ0v) is 11.6. The van der Waals surface area contributed by atoms with Crippen LogP contribution in [0.3, 0.4) is 0 Å². The van der Waals surface area contributed by atoms with Gasteiger partial charge in [0.15, 0.2) is 0 Å². The number of rotatable bonds is 4. The Kier molecular flexibility index (Phi) is 3.87. The fourth-order valence-corrected chi connectivity index (χ4v) is 2.77. The summed E-state index contributed by atoms with van der Waals surface area (Å²) in [6, 6.07) is 0. The van der Waals surface area contributed by atoms with Gasteiger partial charge in [0.05, 0.1) is 0 Å². The SMILES string of the molecule is Cc1nsc(NC(=O)CCn2c(C)csc2=O)n1. The first-order chi connectivity index (χ1) is 8.56. The lowest BCUT2D eigenvalue weighted by Gasteiger charge is -2.03. The van der Waals surface area contributed by atoms with Crippen LogP contribution in [0.5, 0.6) is 0 Å². The van der Waals surface area contributed by atoms with Crippen LogP contribution in [0.4, 0.5) is 5.13 Å². The van der Waals surface area contributed by atoms with Crippen molar-refractivity contribution in [3.05, 3.63) is 26.6 Å². The summed E-state index contributed by atoms with van der Waals surface area (Å²) >= 11 is 2.29. The van der Waals surface area contributed by atoms with Crippen molar-refractivity contribution in [2.24, 2.45) is 0 Å². The van der Waals surface area contributed by atoms with Gasteiger partial charge in [0.25, 0.3) is 0 Å². The standard InChI is InChI=1S/C10H12N4O2S2/c1-6-5-17-10(16)14(6)4-3-8(15)12-9-11-7(2)13-18-9/h5H,3-4H2,1-2H3,(H,11,12,13,15). The first-order valence-corrected chi connectivity index (χ1v) is 6.96. The van der Waals surface area contributed by atoms with Crippen LogP contribution in [0.1, 0.15) is 17.9 Å². The monoisotopic (exact) mass is 284 g/mol. The minimum atomic E-state index is -0.163. The first kappa shape index (κ1) is 12.9. The molecule has 0 bridgehead atoms. The topological polar surface area (TPSA) is 76.9 Å². The van der Waals surface area contributed by atoms with Crippen LogP contribution >= 0.6 is 22.9 Å². The van der Waals surface area contributed by atoms with E-state index in [1.54, 1.807) is 16.9 Å². The van der Waals surface area contributed by atoms with Crippen molar-refractivity contribution in [1.29, 1.82) is 0 Å². The maximum Gasteiger partial charge on any atom is 0.307 e. The largest absolute Gasteiger partial charge is 0.307 e. The number of carbonyl (C=O) groups excluding carboxylic acids is 1. The van der Waals surface area contributed by atoms with Crippen molar-refractivity contribution in [3.63, 3.8) is 0 Å². The second-order valence-electron chi connectivity index (χ2n) is 3.74. The minimum Gasteiger partial charge on any atom is -0.303 e. The third kappa shape index (κ3) is 3.02. The van der Waals surface area contributed by atoms with Crippen molar-refractivity contribution in [2.75, 3.05) is 5.32 Å². The lowest BCUT2D eigenvalue weighted by atomic mass is 10.4. The van der Waals surface area contributed by atoms with Gasteiger partial charge < -0.3 is 9.88 Å². The molecule has 2 aromatic heterocycles. The van der Waals surface area contributed by atoms with E-state index < -0.39 is 0 Å². The van der Waals surface area contributed by atoms with Crippen LogP contribution in [0.2, 0.25) is 0 Å². The number of nitrogens with zero attached hydrogens (tertiary/aromatic N) is 3. The predicted molar refractivity (Wildman–Crippen MR) is 71.2 cm³/mol. The summed E-state index contributed by atoms with van der Waals surface area (Å²) < 4.78 is 5.56. The molecule has 2 aromatic rings. The molecule has 6 nitrogen and oxygen atoms in total. The normalized spacial score (nSPS) is 10.6. The molecule has 0 saturated carbocycles. The van der Waals surface area contributed by atoms with E-state index in [0.717, 1.165) is 28.6 Å². The van der Waals surface area contributed by atoms with Crippen molar-refractivity contribution in [2.45, 2.75) is 26.8 Å². The molecule has 8 heteroatoms.